The maximum atomic E-state index is 12.1. The summed E-state index contributed by atoms with van der Waals surface area (Å²) in [4.78, 5) is 24.2. The average Bonchev–Trinajstić information content (AvgIpc) is 2.36. The fourth-order valence-corrected chi connectivity index (χ4v) is 2.40. The lowest BCUT2D eigenvalue weighted by molar-refractivity contribution is -0.137. The zero-order valence-electron chi connectivity index (χ0n) is 11.7. The topological polar surface area (TPSA) is 78.9 Å². The van der Waals surface area contributed by atoms with Crippen LogP contribution in [0, 0.1) is 5.92 Å². The Balaban J connectivity index is 2.51. The molecule has 0 aromatic rings. The molecule has 110 valence electrons. The molecule has 6 heteroatoms. The number of carboxylic acid groups (broad SMARTS) is 1. The molecule has 19 heavy (non-hydrogen) atoms. The quantitative estimate of drug-likeness (QED) is 0.764. The van der Waals surface area contributed by atoms with Crippen LogP contribution in [0.15, 0.2) is 0 Å². The molecule has 2 unspecified atom stereocenters. The summed E-state index contributed by atoms with van der Waals surface area (Å²) in [6.45, 7) is 2.45. The van der Waals surface area contributed by atoms with Crippen molar-refractivity contribution < 1.29 is 19.4 Å². The van der Waals surface area contributed by atoms with Gasteiger partial charge in [0.25, 0.3) is 0 Å². The van der Waals surface area contributed by atoms with Crippen LogP contribution in [0.3, 0.4) is 0 Å². The predicted molar refractivity (Wildman–Crippen MR) is 71.0 cm³/mol. The van der Waals surface area contributed by atoms with Gasteiger partial charge in [-0.1, -0.05) is 19.8 Å². The molecule has 1 aliphatic carbocycles. The predicted octanol–water partition coefficient (Wildman–Crippen LogP) is 1.31. The lowest BCUT2D eigenvalue weighted by Gasteiger charge is -2.31. The summed E-state index contributed by atoms with van der Waals surface area (Å²) in [5.74, 6) is -0.560. The number of nitrogens with zero attached hydrogens (tertiary/aromatic N) is 1. The highest BCUT2D eigenvalue weighted by Crippen LogP contribution is 2.23. The minimum Gasteiger partial charge on any atom is -0.480 e. The second kappa shape index (κ2) is 7.99. The molecule has 6 nitrogen and oxygen atoms in total. The van der Waals surface area contributed by atoms with E-state index in [0.717, 1.165) is 19.3 Å². The first-order valence-electron chi connectivity index (χ1n) is 6.80. The molecular weight excluding hydrogens is 248 g/mol. The van der Waals surface area contributed by atoms with Crippen molar-refractivity contribution in [3.05, 3.63) is 0 Å². The van der Waals surface area contributed by atoms with Crippen molar-refractivity contribution in [1.82, 2.24) is 10.2 Å². The van der Waals surface area contributed by atoms with Crippen LogP contribution < -0.4 is 5.32 Å². The molecule has 1 rings (SSSR count). The van der Waals surface area contributed by atoms with E-state index in [-0.39, 0.29) is 25.2 Å². The van der Waals surface area contributed by atoms with Crippen molar-refractivity contribution in [2.24, 2.45) is 5.92 Å². The van der Waals surface area contributed by atoms with E-state index >= 15 is 0 Å². The molecule has 0 saturated heterocycles. The van der Waals surface area contributed by atoms with Crippen LogP contribution in [0.1, 0.15) is 32.6 Å². The van der Waals surface area contributed by atoms with E-state index in [4.69, 9.17) is 9.84 Å². The Bertz CT molecular complexity index is 309. The van der Waals surface area contributed by atoms with Crippen molar-refractivity contribution in [3.8, 4) is 0 Å². The first kappa shape index (κ1) is 15.8. The maximum Gasteiger partial charge on any atom is 0.323 e. The smallest absolute Gasteiger partial charge is 0.323 e. The molecule has 1 fully saturated rings. The van der Waals surface area contributed by atoms with Crippen LogP contribution in [0.4, 0.5) is 4.79 Å². The molecule has 0 aromatic carbocycles. The molecule has 2 atom stereocenters. The number of nitrogens with one attached hydrogen (secondary N) is 1. The van der Waals surface area contributed by atoms with Crippen molar-refractivity contribution in [2.75, 3.05) is 26.8 Å². The SMILES string of the molecule is COCCN(CC(=O)O)C(=O)NC1CCCCC1C. The van der Waals surface area contributed by atoms with E-state index in [0.29, 0.717) is 12.5 Å². The van der Waals surface area contributed by atoms with Gasteiger partial charge < -0.3 is 20.1 Å². The number of hydrogen-bond acceptors (Lipinski definition) is 3. The molecular formula is C13H24N2O4. The Morgan fingerprint density at radius 2 is 2.05 bits per heavy atom. The molecule has 0 heterocycles. The van der Waals surface area contributed by atoms with E-state index in [1.807, 2.05) is 0 Å². The summed E-state index contributed by atoms with van der Waals surface area (Å²) in [6.07, 6.45) is 4.41. The van der Waals surface area contributed by atoms with Crippen LogP contribution in [0.5, 0.6) is 0 Å². The third kappa shape index (κ3) is 5.46. The Kier molecular flexibility index (Phi) is 6.62. The molecule has 0 radical (unpaired) electrons. The highest BCUT2D eigenvalue weighted by Gasteiger charge is 2.25. The lowest BCUT2D eigenvalue weighted by Crippen LogP contribution is -2.50. The van der Waals surface area contributed by atoms with Crippen molar-refractivity contribution in [2.45, 2.75) is 38.6 Å². The molecule has 0 bridgehead atoms. The highest BCUT2D eigenvalue weighted by atomic mass is 16.5. The summed E-state index contributed by atoms with van der Waals surface area (Å²) < 4.78 is 4.90. The van der Waals surface area contributed by atoms with Crippen molar-refractivity contribution >= 4 is 12.0 Å². The number of amides is 2. The highest BCUT2D eigenvalue weighted by molar-refractivity contribution is 5.80. The normalized spacial score (nSPS) is 22.8. The van der Waals surface area contributed by atoms with Crippen molar-refractivity contribution in [3.63, 3.8) is 0 Å². The summed E-state index contributed by atoms with van der Waals surface area (Å²) in [6, 6.07) is -0.154. The van der Waals surface area contributed by atoms with Gasteiger partial charge in [-0.25, -0.2) is 4.79 Å². The fourth-order valence-electron chi connectivity index (χ4n) is 2.40. The van der Waals surface area contributed by atoms with Gasteiger partial charge in [0.05, 0.1) is 6.61 Å². The van der Waals surface area contributed by atoms with E-state index in [1.165, 1.54) is 18.4 Å². The zero-order valence-corrected chi connectivity index (χ0v) is 11.7. The van der Waals surface area contributed by atoms with E-state index in [2.05, 4.69) is 12.2 Å². The monoisotopic (exact) mass is 272 g/mol. The van der Waals surface area contributed by atoms with Crippen LogP contribution in [-0.2, 0) is 9.53 Å². The standard InChI is InChI=1S/C13H24N2O4/c1-10-5-3-4-6-11(10)14-13(18)15(7-8-19-2)9-12(16)17/h10-11H,3-9H2,1-2H3,(H,14,18)(H,16,17). The van der Waals surface area contributed by atoms with Gasteiger partial charge in [0.1, 0.15) is 6.54 Å². The minimum atomic E-state index is -1.01. The maximum absolute atomic E-state index is 12.1. The average molecular weight is 272 g/mol. The minimum absolute atomic E-state index is 0.153. The molecule has 0 aromatic heterocycles. The molecule has 1 aliphatic rings. The number of carbonyl (C=O) groups excluding carboxylic acids is 1. The van der Waals surface area contributed by atoms with E-state index in [9.17, 15) is 9.59 Å². The van der Waals surface area contributed by atoms with Crippen molar-refractivity contribution in [1.29, 1.82) is 0 Å². The summed E-state index contributed by atoms with van der Waals surface area (Å²) in [5, 5.41) is 11.8. The van der Waals surface area contributed by atoms with Gasteiger partial charge in [0, 0.05) is 19.7 Å². The lowest BCUT2D eigenvalue weighted by atomic mass is 9.86. The number of rotatable bonds is 6. The van der Waals surface area contributed by atoms with Gasteiger partial charge in [0.15, 0.2) is 0 Å². The van der Waals surface area contributed by atoms with Gasteiger partial charge in [-0.2, -0.15) is 0 Å². The summed E-state index contributed by atoms with van der Waals surface area (Å²) in [7, 11) is 1.53. The molecule has 0 spiro atoms. The number of carboxylic acids is 1. The Labute approximate surface area is 114 Å². The van der Waals surface area contributed by atoms with E-state index < -0.39 is 5.97 Å². The Hall–Kier alpha value is -1.30. The molecule has 0 aliphatic heterocycles. The number of hydrogen-bond donors (Lipinski definition) is 2. The van der Waals surface area contributed by atoms with Gasteiger partial charge in [-0.15, -0.1) is 0 Å². The zero-order chi connectivity index (χ0) is 14.3. The summed E-state index contributed by atoms with van der Waals surface area (Å²) in [5.41, 5.74) is 0. The number of methoxy groups -OCH3 is 1. The van der Waals surface area contributed by atoms with Gasteiger partial charge in [0.2, 0.25) is 0 Å². The van der Waals surface area contributed by atoms with Gasteiger partial charge in [-0.05, 0) is 18.8 Å². The largest absolute Gasteiger partial charge is 0.480 e. The third-order valence-corrected chi connectivity index (χ3v) is 3.60. The third-order valence-electron chi connectivity index (χ3n) is 3.60. The van der Waals surface area contributed by atoms with Crippen LogP contribution in [0.2, 0.25) is 0 Å². The van der Waals surface area contributed by atoms with Crippen LogP contribution in [0.25, 0.3) is 0 Å². The Morgan fingerprint density at radius 3 is 2.63 bits per heavy atom. The first-order chi connectivity index (χ1) is 9.04. The van der Waals surface area contributed by atoms with Gasteiger partial charge >= 0.3 is 12.0 Å². The fraction of sp³-hybridized carbons (Fsp3) is 0.846. The molecule has 1 saturated carbocycles. The Morgan fingerprint density at radius 1 is 1.37 bits per heavy atom. The second-order valence-electron chi connectivity index (χ2n) is 5.13. The molecule has 2 N–H and O–H groups in total. The van der Waals surface area contributed by atoms with Crippen LogP contribution in [-0.4, -0.2) is 54.9 Å². The molecule has 2 amide bonds. The van der Waals surface area contributed by atoms with Crippen LogP contribution >= 0.6 is 0 Å². The number of carbonyl (C=O) groups is 2. The van der Waals surface area contributed by atoms with Gasteiger partial charge in [-0.3, -0.25) is 4.79 Å². The number of aliphatic carboxylic acids is 1. The second-order valence-corrected chi connectivity index (χ2v) is 5.13. The first-order valence-corrected chi connectivity index (χ1v) is 6.80. The van der Waals surface area contributed by atoms with E-state index in [1.54, 1.807) is 0 Å². The number of urea groups is 1. The number of ether oxygens (including phenoxy) is 1. The summed E-state index contributed by atoms with van der Waals surface area (Å²) >= 11 is 0.